The third-order valence-electron chi connectivity index (χ3n) is 14.7. The molecule has 0 spiro atoms. The van der Waals surface area contributed by atoms with Gasteiger partial charge in [0.2, 0.25) is 0 Å². The van der Waals surface area contributed by atoms with Crippen molar-refractivity contribution in [3.8, 4) is 23.2 Å². The number of aromatic nitrogens is 2. The van der Waals surface area contributed by atoms with Gasteiger partial charge in [0.15, 0.2) is 0 Å². The number of rotatable bonds is 10. The minimum Gasteiger partial charge on any atom is -0.461 e. The molecule has 2 bridgehead atoms. The fraction of sp³-hybridized carbons (Fsp3) is 0.646. The van der Waals surface area contributed by atoms with Crippen LogP contribution in [0.25, 0.3) is 10.8 Å². The first kappa shape index (κ1) is 49.2. The van der Waals surface area contributed by atoms with Crippen LogP contribution < -0.4 is 13.8 Å². The lowest BCUT2D eigenvalue weighted by Crippen LogP contribution is -2.57. The van der Waals surface area contributed by atoms with Crippen molar-refractivity contribution < 1.29 is 53.6 Å². The normalized spacial score (nSPS) is 24.6. The Bertz CT molecular complexity index is 2550. The second kappa shape index (κ2) is 17.9. The second-order valence-electron chi connectivity index (χ2n) is 21.0. The first-order chi connectivity index (χ1) is 31.3. The maximum atomic E-state index is 16.4. The highest BCUT2D eigenvalue weighted by molar-refractivity contribution is 7.88. The number of carbonyl (C=O) groups is 1. The minimum absolute atomic E-state index is 0.00755. The molecule has 4 saturated heterocycles. The van der Waals surface area contributed by atoms with E-state index in [1.807, 2.05) is 25.7 Å². The molecule has 2 aromatic carbocycles. The Balaban J connectivity index is 1.23. The van der Waals surface area contributed by atoms with E-state index in [9.17, 15) is 30.8 Å². The quantitative estimate of drug-likeness (QED) is 0.0634. The zero-order valence-corrected chi connectivity index (χ0v) is 41.5. The summed E-state index contributed by atoms with van der Waals surface area (Å²) in [6.07, 6.45) is 1.10. The van der Waals surface area contributed by atoms with Gasteiger partial charge in [0.25, 0.3) is 0 Å². The lowest BCUT2D eigenvalue weighted by Gasteiger charge is -2.42. The highest BCUT2D eigenvalue weighted by Gasteiger charge is 2.51. The van der Waals surface area contributed by atoms with Crippen LogP contribution in [0.4, 0.5) is 32.6 Å². The van der Waals surface area contributed by atoms with Crippen molar-refractivity contribution in [1.82, 2.24) is 19.8 Å². The predicted octanol–water partition coefficient (Wildman–Crippen LogP) is 9.92. The molecule has 12 nitrogen and oxygen atoms in total. The number of carbonyl (C=O) groups excluding carboxylic acids is 1. The number of alkyl halides is 4. The van der Waals surface area contributed by atoms with Crippen molar-refractivity contribution >= 4 is 40.9 Å². The van der Waals surface area contributed by atoms with E-state index in [0.717, 1.165) is 50.4 Å². The van der Waals surface area contributed by atoms with Crippen LogP contribution in [0.15, 0.2) is 24.3 Å². The first-order valence-corrected chi connectivity index (χ1v) is 27.1. The summed E-state index contributed by atoms with van der Waals surface area (Å²) in [5, 5.41) is 0.449. The fourth-order valence-corrected chi connectivity index (χ4v) is 17.4. The molecule has 0 saturated carbocycles. The molecule has 366 valence electrons. The third-order valence-corrected chi connectivity index (χ3v) is 21.9. The molecule has 5 atom stereocenters. The molecule has 4 fully saturated rings. The standard InChI is InChI=1S/C48H62F5N5O7SSi/c1-28(2)67(29(3)4,30(5)6)18-15-36-39(50)14-11-31-19-35(65-66(60,61)48(51,52)53)20-37(42(31)36)41-21-40-38(26-62-41)43(55-44(54-40)63-27-47-16-10-17-57(47)23-32(49)22-47)56-24-33-12-13-34(25-56)58(33)45(59)64-46(7,8)9/h11,14,19-20,28-30,32-34,41H,10,12-13,16-17,21-27H2,1-9H3/t32-,33?,34?,41?,47+/m1/s1. The number of halogens is 5. The predicted molar refractivity (Wildman–Crippen MR) is 246 cm³/mol. The molecule has 3 unspecified atom stereocenters. The number of nitrogens with zero attached hydrogens (tertiary/aromatic N) is 5. The largest absolute Gasteiger partial charge is 0.534 e. The van der Waals surface area contributed by atoms with Crippen LogP contribution in [0, 0.1) is 17.3 Å². The van der Waals surface area contributed by atoms with Crippen molar-refractivity contribution in [2.75, 3.05) is 37.7 Å². The van der Waals surface area contributed by atoms with Crippen LogP contribution in [0.5, 0.6) is 11.8 Å². The number of piperazine rings is 1. The molecule has 0 aliphatic carbocycles. The Kier molecular flexibility index (Phi) is 13.2. The summed E-state index contributed by atoms with van der Waals surface area (Å²) in [6.45, 7) is 20.2. The van der Waals surface area contributed by atoms with Crippen LogP contribution in [-0.4, -0.2) is 110 Å². The number of amides is 1. The van der Waals surface area contributed by atoms with E-state index in [4.69, 9.17) is 28.4 Å². The molecule has 19 heteroatoms. The molecule has 3 aromatic rings. The van der Waals surface area contributed by atoms with E-state index < -0.39 is 58.7 Å². The molecule has 1 amide bonds. The van der Waals surface area contributed by atoms with Crippen molar-refractivity contribution in [3.63, 3.8) is 0 Å². The number of ether oxygens (including phenoxy) is 3. The third kappa shape index (κ3) is 9.32. The molecule has 5 aliphatic rings. The van der Waals surface area contributed by atoms with E-state index in [0.29, 0.717) is 43.1 Å². The summed E-state index contributed by atoms with van der Waals surface area (Å²) in [5.41, 5.74) is -1.44. The average molecular weight is 976 g/mol. The van der Waals surface area contributed by atoms with Crippen LogP contribution in [0.1, 0.15) is 123 Å². The highest BCUT2D eigenvalue weighted by atomic mass is 32.2. The minimum atomic E-state index is -6.10. The Morgan fingerprint density at radius 3 is 2.30 bits per heavy atom. The van der Waals surface area contributed by atoms with Gasteiger partial charge >= 0.3 is 27.7 Å². The molecule has 5 aliphatic heterocycles. The summed E-state index contributed by atoms with van der Waals surface area (Å²) >= 11 is 0. The van der Waals surface area contributed by atoms with E-state index in [-0.39, 0.29) is 82.3 Å². The first-order valence-electron chi connectivity index (χ1n) is 23.4. The van der Waals surface area contributed by atoms with Crippen molar-refractivity contribution in [2.45, 2.75) is 165 Å². The van der Waals surface area contributed by atoms with Crippen LogP contribution in [0.2, 0.25) is 16.6 Å². The fourth-order valence-electron chi connectivity index (χ4n) is 11.7. The number of anilines is 1. The zero-order chi connectivity index (χ0) is 48.6. The van der Waals surface area contributed by atoms with Crippen LogP contribution in [-0.2, 0) is 32.6 Å². The second-order valence-corrected chi connectivity index (χ2v) is 28.1. The number of hydrogen-bond acceptors (Lipinski definition) is 11. The molecule has 0 N–H and O–H groups in total. The van der Waals surface area contributed by atoms with Crippen LogP contribution >= 0.6 is 0 Å². The smallest absolute Gasteiger partial charge is 0.461 e. The van der Waals surface area contributed by atoms with Crippen molar-refractivity contribution in [2.24, 2.45) is 0 Å². The van der Waals surface area contributed by atoms with Gasteiger partial charge in [-0.2, -0.15) is 31.6 Å². The van der Waals surface area contributed by atoms with Gasteiger partial charge in [0.05, 0.1) is 41.6 Å². The van der Waals surface area contributed by atoms with Gasteiger partial charge in [-0.15, -0.1) is 5.54 Å². The maximum absolute atomic E-state index is 16.4. The summed E-state index contributed by atoms with van der Waals surface area (Å²) in [4.78, 5) is 29.4. The van der Waals surface area contributed by atoms with Gasteiger partial charge in [-0.1, -0.05) is 53.5 Å². The maximum Gasteiger partial charge on any atom is 0.534 e. The number of hydrogen-bond donors (Lipinski definition) is 0. The van der Waals surface area contributed by atoms with Gasteiger partial charge in [-0.25, -0.2) is 13.6 Å². The van der Waals surface area contributed by atoms with Gasteiger partial charge < -0.3 is 23.3 Å². The lowest BCUT2D eigenvalue weighted by atomic mass is 9.91. The molecular weight excluding hydrogens is 914 g/mol. The summed E-state index contributed by atoms with van der Waals surface area (Å²) in [6, 6.07) is 4.51. The molecule has 1 aromatic heterocycles. The summed E-state index contributed by atoms with van der Waals surface area (Å²) in [5.74, 6) is 2.46. The van der Waals surface area contributed by atoms with Gasteiger partial charge in [0.1, 0.15) is 43.8 Å². The van der Waals surface area contributed by atoms with Crippen LogP contribution in [0.3, 0.4) is 0 Å². The van der Waals surface area contributed by atoms with E-state index >= 15 is 4.39 Å². The van der Waals surface area contributed by atoms with E-state index in [2.05, 4.69) is 62.8 Å². The number of benzene rings is 2. The molecular formula is C48H62F5N5O7SSi. The average Bonchev–Trinajstić information content (AvgIpc) is 3.85. The van der Waals surface area contributed by atoms with Gasteiger partial charge in [0, 0.05) is 43.4 Å². The lowest BCUT2D eigenvalue weighted by molar-refractivity contribution is -0.0500. The highest BCUT2D eigenvalue weighted by Crippen LogP contribution is 2.45. The Morgan fingerprint density at radius 2 is 1.67 bits per heavy atom. The Labute approximate surface area is 391 Å². The van der Waals surface area contributed by atoms with E-state index in [1.54, 1.807) is 0 Å². The Hall–Kier alpha value is -4.25. The molecule has 8 rings (SSSR count). The SMILES string of the molecule is CC(C)[Si](C#Cc1c(F)ccc2cc(OS(=O)(=O)C(F)(F)F)cc(C3Cc4nc(OC[C@@]56CCCN5C[C@H](F)C6)nc(N5CC6CCC(C5)N6C(=O)OC(C)(C)C)c4CO3)c12)(C(C)C)C(C)C. The van der Waals surface area contributed by atoms with Gasteiger partial charge in [-0.3, -0.25) is 9.80 Å². The van der Waals surface area contributed by atoms with E-state index in [1.165, 1.54) is 6.07 Å². The number of fused-ring (bicyclic) bond motifs is 5. The molecule has 67 heavy (non-hydrogen) atoms. The molecule has 6 heterocycles. The van der Waals surface area contributed by atoms with Crippen molar-refractivity contribution in [3.05, 3.63) is 52.5 Å². The van der Waals surface area contributed by atoms with Gasteiger partial charge in [-0.05, 0) is 98.8 Å². The molecule has 0 radical (unpaired) electrons. The topological polar surface area (TPSA) is 124 Å². The summed E-state index contributed by atoms with van der Waals surface area (Å²) in [7, 11) is -8.55. The van der Waals surface area contributed by atoms with Crippen molar-refractivity contribution in [1.29, 1.82) is 0 Å². The monoisotopic (exact) mass is 975 g/mol. The zero-order valence-electron chi connectivity index (χ0n) is 39.7. The summed E-state index contributed by atoms with van der Waals surface area (Å²) < 4.78 is 121. The Morgan fingerprint density at radius 1 is 1.00 bits per heavy atom.